The summed E-state index contributed by atoms with van der Waals surface area (Å²) >= 11 is 1.54. The zero-order valence-corrected chi connectivity index (χ0v) is 18.8. The van der Waals surface area contributed by atoms with Crippen molar-refractivity contribution in [2.45, 2.75) is 31.1 Å². The van der Waals surface area contributed by atoms with Crippen LogP contribution in [0.4, 0.5) is 0 Å². The second-order valence-corrected chi connectivity index (χ2v) is 10.0. The molecule has 10 heteroatoms. The first kappa shape index (κ1) is 22.7. The fourth-order valence-corrected chi connectivity index (χ4v) is 5.81. The van der Waals surface area contributed by atoms with Crippen molar-refractivity contribution in [3.05, 3.63) is 33.8 Å². The summed E-state index contributed by atoms with van der Waals surface area (Å²) in [5.41, 5.74) is 0.312. The van der Waals surface area contributed by atoms with Crippen molar-refractivity contribution in [1.29, 1.82) is 0 Å². The Labute approximate surface area is 180 Å². The van der Waals surface area contributed by atoms with E-state index in [1.165, 1.54) is 4.31 Å². The van der Waals surface area contributed by atoms with Gasteiger partial charge in [0.15, 0.2) is 10.7 Å². The molecule has 2 aromatic rings. The van der Waals surface area contributed by atoms with Crippen molar-refractivity contribution < 1.29 is 22.5 Å². The van der Waals surface area contributed by atoms with Gasteiger partial charge < -0.3 is 14.6 Å². The Balaban J connectivity index is 1.73. The third-order valence-electron chi connectivity index (χ3n) is 4.95. The molecule has 0 unspecified atom stereocenters. The third kappa shape index (κ3) is 5.37. The summed E-state index contributed by atoms with van der Waals surface area (Å²) in [5, 5.41) is 8.68. The van der Waals surface area contributed by atoms with Crippen LogP contribution in [-0.2, 0) is 19.6 Å². The molecule has 2 aromatic heterocycles. The molecule has 0 spiro atoms. The van der Waals surface area contributed by atoms with E-state index in [2.05, 4.69) is 10.5 Å². The topological polar surface area (TPSA) is 102 Å². The average Bonchev–Trinajstić information content (AvgIpc) is 3.39. The lowest BCUT2D eigenvalue weighted by molar-refractivity contribution is -0.126. The number of hydrogen-bond acceptors (Lipinski definition) is 7. The first-order chi connectivity index (χ1) is 14.4. The zero-order chi connectivity index (χ0) is 21.6. The highest BCUT2D eigenvalue weighted by Gasteiger charge is 2.36. The summed E-state index contributed by atoms with van der Waals surface area (Å²) in [6.07, 6.45) is 5.44. The minimum Gasteiger partial charge on any atom is -0.385 e. The maximum Gasteiger partial charge on any atom is 0.248 e. The molecule has 1 amide bonds. The molecule has 0 radical (unpaired) electrons. The molecule has 1 saturated heterocycles. The van der Waals surface area contributed by atoms with Gasteiger partial charge in [-0.1, -0.05) is 11.2 Å². The fourth-order valence-electron chi connectivity index (χ4n) is 3.42. The lowest BCUT2D eigenvalue weighted by atomic mass is 9.99. The summed E-state index contributed by atoms with van der Waals surface area (Å²) in [7, 11) is -2.22. The second-order valence-electron chi connectivity index (χ2n) is 7.15. The molecule has 1 aliphatic heterocycles. The Morgan fingerprint density at radius 2 is 2.30 bits per heavy atom. The number of piperidine rings is 1. The van der Waals surface area contributed by atoms with E-state index in [-0.39, 0.29) is 29.0 Å². The van der Waals surface area contributed by atoms with Crippen molar-refractivity contribution in [2.75, 3.05) is 33.4 Å². The highest BCUT2D eigenvalue weighted by atomic mass is 32.2. The highest BCUT2D eigenvalue weighted by molar-refractivity contribution is 7.89. The predicted octanol–water partition coefficient (Wildman–Crippen LogP) is 2.77. The summed E-state index contributed by atoms with van der Waals surface area (Å²) in [6.45, 7) is 3.22. The second kappa shape index (κ2) is 10.3. The molecule has 3 rings (SSSR count). The van der Waals surface area contributed by atoms with Crippen LogP contribution in [0, 0.1) is 12.8 Å². The van der Waals surface area contributed by atoms with Crippen LogP contribution in [0.5, 0.6) is 0 Å². The standard InChI is InChI=1S/C20H27N3O5S2/c1-15-19(18(28-22-15)9-8-17-7-4-13-29-17)30(25,26)23-11-3-6-16(14-23)20(24)21-10-5-12-27-2/h4,7-9,13,16H,3,5-6,10-12,14H2,1-2H3,(H,21,24)/b9-8+/t16-/m0/s1. The van der Waals surface area contributed by atoms with E-state index in [9.17, 15) is 13.2 Å². The fraction of sp³-hybridized carbons (Fsp3) is 0.500. The Kier molecular flexibility index (Phi) is 7.81. The van der Waals surface area contributed by atoms with E-state index in [1.54, 1.807) is 37.5 Å². The Morgan fingerprint density at radius 1 is 1.47 bits per heavy atom. The van der Waals surface area contributed by atoms with Crippen LogP contribution in [0.2, 0.25) is 0 Å². The van der Waals surface area contributed by atoms with Crippen LogP contribution in [-0.4, -0.2) is 57.1 Å². The number of aryl methyl sites for hydroxylation is 1. The minimum absolute atomic E-state index is 0.0662. The third-order valence-corrected chi connectivity index (χ3v) is 7.81. The number of aromatic nitrogens is 1. The van der Waals surface area contributed by atoms with Gasteiger partial charge in [-0.05, 0) is 49.8 Å². The molecule has 1 aliphatic rings. The molecule has 0 saturated carbocycles. The maximum absolute atomic E-state index is 13.4. The van der Waals surface area contributed by atoms with Gasteiger partial charge in [-0.3, -0.25) is 4.79 Å². The summed E-state index contributed by atoms with van der Waals surface area (Å²) < 4.78 is 38.4. The predicted molar refractivity (Wildman–Crippen MR) is 115 cm³/mol. The van der Waals surface area contributed by atoms with E-state index < -0.39 is 10.0 Å². The number of sulfonamides is 1. The number of hydrogen-bond donors (Lipinski definition) is 1. The Bertz CT molecular complexity index is 967. The molecule has 8 nitrogen and oxygen atoms in total. The lowest BCUT2D eigenvalue weighted by Gasteiger charge is -2.31. The average molecular weight is 454 g/mol. The molecule has 30 heavy (non-hydrogen) atoms. The lowest BCUT2D eigenvalue weighted by Crippen LogP contribution is -2.45. The van der Waals surface area contributed by atoms with Gasteiger partial charge >= 0.3 is 0 Å². The number of ether oxygens (including phenoxy) is 1. The van der Waals surface area contributed by atoms with Gasteiger partial charge in [-0.2, -0.15) is 4.31 Å². The van der Waals surface area contributed by atoms with Crippen LogP contribution >= 0.6 is 11.3 Å². The van der Waals surface area contributed by atoms with Crippen LogP contribution < -0.4 is 5.32 Å². The van der Waals surface area contributed by atoms with Crippen molar-refractivity contribution in [1.82, 2.24) is 14.8 Å². The number of rotatable bonds is 9. The van der Waals surface area contributed by atoms with Crippen LogP contribution in [0.25, 0.3) is 12.2 Å². The first-order valence-electron chi connectivity index (χ1n) is 9.88. The summed E-state index contributed by atoms with van der Waals surface area (Å²) in [6, 6.07) is 3.85. The van der Waals surface area contributed by atoms with Gasteiger partial charge in [0, 0.05) is 38.2 Å². The molecular weight excluding hydrogens is 426 g/mol. The number of amides is 1. The molecule has 3 heterocycles. The zero-order valence-electron chi connectivity index (χ0n) is 17.2. The summed E-state index contributed by atoms with van der Waals surface area (Å²) in [5.74, 6) is -0.292. The number of carbonyl (C=O) groups excluding carboxylic acids is 1. The Morgan fingerprint density at radius 3 is 3.03 bits per heavy atom. The largest absolute Gasteiger partial charge is 0.385 e. The molecule has 1 fully saturated rings. The van der Waals surface area contributed by atoms with E-state index in [0.29, 0.717) is 38.2 Å². The van der Waals surface area contributed by atoms with E-state index in [4.69, 9.17) is 9.26 Å². The number of carbonyl (C=O) groups is 1. The molecule has 1 N–H and O–H groups in total. The normalized spacial score (nSPS) is 18.1. The monoisotopic (exact) mass is 453 g/mol. The van der Waals surface area contributed by atoms with Crippen molar-refractivity contribution in [3.63, 3.8) is 0 Å². The molecule has 0 bridgehead atoms. The quantitative estimate of drug-likeness (QED) is 0.586. The van der Waals surface area contributed by atoms with E-state index >= 15 is 0 Å². The van der Waals surface area contributed by atoms with Gasteiger partial charge in [-0.25, -0.2) is 8.42 Å². The van der Waals surface area contributed by atoms with Gasteiger partial charge in [-0.15, -0.1) is 11.3 Å². The molecular formula is C20H27N3O5S2. The molecule has 0 aliphatic carbocycles. The van der Waals surface area contributed by atoms with Crippen LogP contribution in [0.3, 0.4) is 0 Å². The van der Waals surface area contributed by atoms with Gasteiger partial charge in [0.2, 0.25) is 15.9 Å². The SMILES string of the molecule is COCCCNC(=O)[C@H]1CCCN(S(=O)(=O)c2c(C)noc2/C=C/c2cccs2)C1. The number of nitrogens with one attached hydrogen (secondary N) is 1. The van der Waals surface area contributed by atoms with Crippen LogP contribution in [0.1, 0.15) is 35.6 Å². The van der Waals surface area contributed by atoms with E-state index in [0.717, 1.165) is 11.3 Å². The summed E-state index contributed by atoms with van der Waals surface area (Å²) in [4.78, 5) is 13.5. The maximum atomic E-state index is 13.4. The first-order valence-corrected chi connectivity index (χ1v) is 12.2. The Hall–Kier alpha value is -2.01. The molecule has 0 aromatic carbocycles. The molecule has 1 atom stereocenters. The van der Waals surface area contributed by atoms with Gasteiger partial charge in [0.25, 0.3) is 0 Å². The minimum atomic E-state index is -3.84. The number of thiophene rings is 1. The van der Waals surface area contributed by atoms with E-state index in [1.807, 2.05) is 17.5 Å². The molecule has 164 valence electrons. The van der Waals surface area contributed by atoms with Gasteiger partial charge in [0.05, 0.1) is 5.92 Å². The van der Waals surface area contributed by atoms with Crippen molar-refractivity contribution in [3.8, 4) is 0 Å². The van der Waals surface area contributed by atoms with Gasteiger partial charge in [0.1, 0.15) is 5.69 Å². The van der Waals surface area contributed by atoms with Crippen molar-refractivity contribution in [2.24, 2.45) is 5.92 Å². The smallest absolute Gasteiger partial charge is 0.248 e. The van der Waals surface area contributed by atoms with Crippen LogP contribution in [0.15, 0.2) is 26.9 Å². The number of nitrogens with zero attached hydrogens (tertiary/aromatic N) is 2. The number of methoxy groups -OCH3 is 1. The highest BCUT2D eigenvalue weighted by Crippen LogP contribution is 2.29. The van der Waals surface area contributed by atoms with Crippen molar-refractivity contribution >= 4 is 39.4 Å².